The number of rotatable bonds is 1. The van der Waals surface area contributed by atoms with Gasteiger partial charge in [0.2, 0.25) is 5.88 Å². The molecule has 0 radical (unpaired) electrons. The van der Waals surface area contributed by atoms with Gasteiger partial charge >= 0.3 is 0 Å². The summed E-state index contributed by atoms with van der Waals surface area (Å²) in [5.74, 6) is -0.166. The fourth-order valence-electron chi connectivity index (χ4n) is 1.49. The molecule has 1 aliphatic rings. The lowest BCUT2D eigenvalue weighted by Gasteiger charge is -2.25. The van der Waals surface area contributed by atoms with Crippen LogP contribution in [-0.2, 0) is 11.8 Å². The predicted octanol–water partition coefficient (Wildman–Crippen LogP) is -0.402. The first-order chi connectivity index (χ1) is 7.18. The zero-order chi connectivity index (χ0) is 10.8. The molecule has 0 bridgehead atoms. The molecule has 2 rings (SSSR count). The van der Waals surface area contributed by atoms with Crippen molar-refractivity contribution in [3.63, 3.8) is 0 Å². The third kappa shape index (κ3) is 1.94. The van der Waals surface area contributed by atoms with Crippen LogP contribution in [0.3, 0.4) is 0 Å². The van der Waals surface area contributed by atoms with Crippen molar-refractivity contribution < 1.29 is 14.6 Å². The standard InChI is InChI=1S/C9H13N3O3/c1-11-8(13)6-7(10-11)9(14)12-2-4-15-5-3-12/h6,13H,2-5H2,1H3. The summed E-state index contributed by atoms with van der Waals surface area (Å²) >= 11 is 0. The molecule has 15 heavy (non-hydrogen) atoms. The molecule has 1 saturated heterocycles. The van der Waals surface area contributed by atoms with E-state index in [0.29, 0.717) is 26.3 Å². The molecule has 1 amide bonds. The van der Waals surface area contributed by atoms with Crippen molar-refractivity contribution >= 4 is 5.91 Å². The van der Waals surface area contributed by atoms with Crippen molar-refractivity contribution in [2.45, 2.75) is 0 Å². The second-order valence-electron chi connectivity index (χ2n) is 3.42. The summed E-state index contributed by atoms with van der Waals surface area (Å²) in [4.78, 5) is 13.5. The molecular weight excluding hydrogens is 198 g/mol. The van der Waals surface area contributed by atoms with Crippen molar-refractivity contribution in [1.82, 2.24) is 14.7 Å². The summed E-state index contributed by atoms with van der Waals surface area (Å²) in [6, 6.07) is 1.37. The van der Waals surface area contributed by atoms with Crippen LogP contribution in [0.25, 0.3) is 0 Å². The fourth-order valence-corrected chi connectivity index (χ4v) is 1.49. The number of hydrogen-bond donors (Lipinski definition) is 1. The number of carbonyl (C=O) groups excluding carboxylic acids is 1. The number of morpholine rings is 1. The van der Waals surface area contributed by atoms with Crippen LogP contribution in [0.15, 0.2) is 6.07 Å². The Bertz CT molecular complexity index is 349. The maximum Gasteiger partial charge on any atom is 0.274 e. The highest BCUT2D eigenvalue weighted by Gasteiger charge is 2.21. The Morgan fingerprint density at radius 3 is 2.73 bits per heavy atom. The molecule has 0 unspecified atom stereocenters. The van der Waals surface area contributed by atoms with Gasteiger partial charge in [0.25, 0.3) is 5.91 Å². The lowest BCUT2D eigenvalue weighted by atomic mass is 10.3. The second kappa shape index (κ2) is 3.90. The maximum absolute atomic E-state index is 11.8. The van der Waals surface area contributed by atoms with Gasteiger partial charge in [-0.3, -0.25) is 4.79 Å². The summed E-state index contributed by atoms with van der Waals surface area (Å²) in [6.45, 7) is 2.28. The third-order valence-corrected chi connectivity index (χ3v) is 2.37. The van der Waals surface area contributed by atoms with Gasteiger partial charge in [0.15, 0.2) is 5.69 Å². The minimum atomic E-state index is -0.158. The smallest absolute Gasteiger partial charge is 0.274 e. The van der Waals surface area contributed by atoms with E-state index in [4.69, 9.17) is 4.74 Å². The largest absolute Gasteiger partial charge is 0.493 e. The van der Waals surface area contributed by atoms with Gasteiger partial charge in [0.1, 0.15) is 0 Å². The van der Waals surface area contributed by atoms with Crippen molar-refractivity contribution in [1.29, 1.82) is 0 Å². The molecule has 1 fully saturated rings. The van der Waals surface area contributed by atoms with Crippen LogP contribution in [0.4, 0.5) is 0 Å². The molecule has 0 atom stereocenters. The zero-order valence-corrected chi connectivity index (χ0v) is 8.51. The molecule has 2 heterocycles. The van der Waals surface area contributed by atoms with Crippen LogP contribution >= 0.6 is 0 Å². The topological polar surface area (TPSA) is 67.6 Å². The minimum Gasteiger partial charge on any atom is -0.493 e. The first kappa shape index (κ1) is 9.97. The molecule has 0 aromatic carbocycles. The van der Waals surface area contributed by atoms with Crippen LogP contribution in [0.5, 0.6) is 5.88 Å². The normalized spacial score (nSPS) is 16.7. The van der Waals surface area contributed by atoms with Crippen molar-refractivity contribution in [2.24, 2.45) is 7.05 Å². The number of aryl methyl sites for hydroxylation is 1. The summed E-state index contributed by atoms with van der Waals surface area (Å²) < 4.78 is 6.42. The Kier molecular flexibility index (Phi) is 2.59. The first-order valence-electron chi connectivity index (χ1n) is 4.78. The van der Waals surface area contributed by atoms with Crippen molar-refractivity contribution in [3.05, 3.63) is 11.8 Å². The van der Waals surface area contributed by atoms with Crippen LogP contribution < -0.4 is 0 Å². The van der Waals surface area contributed by atoms with Gasteiger partial charge < -0.3 is 14.7 Å². The molecule has 1 aromatic rings. The Morgan fingerprint density at radius 1 is 1.53 bits per heavy atom. The van der Waals surface area contributed by atoms with Gasteiger partial charge in [0, 0.05) is 26.2 Å². The highest BCUT2D eigenvalue weighted by molar-refractivity contribution is 5.92. The van der Waals surface area contributed by atoms with E-state index in [9.17, 15) is 9.90 Å². The molecule has 1 aliphatic heterocycles. The molecule has 0 saturated carbocycles. The lowest BCUT2D eigenvalue weighted by Crippen LogP contribution is -2.40. The second-order valence-corrected chi connectivity index (χ2v) is 3.42. The van der Waals surface area contributed by atoms with Crippen LogP contribution in [0, 0.1) is 0 Å². The van der Waals surface area contributed by atoms with Gasteiger partial charge in [-0.05, 0) is 0 Å². The monoisotopic (exact) mass is 211 g/mol. The van der Waals surface area contributed by atoms with Gasteiger partial charge in [0.05, 0.1) is 13.2 Å². The number of nitrogens with zero attached hydrogens (tertiary/aromatic N) is 3. The van der Waals surface area contributed by atoms with Crippen LogP contribution in [0.1, 0.15) is 10.5 Å². The molecule has 6 heteroatoms. The third-order valence-electron chi connectivity index (χ3n) is 2.37. The van der Waals surface area contributed by atoms with E-state index >= 15 is 0 Å². The SMILES string of the molecule is Cn1nc(C(=O)N2CCOCC2)cc1O. The average Bonchev–Trinajstić information content (AvgIpc) is 2.59. The van der Waals surface area contributed by atoms with Crippen LogP contribution in [-0.4, -0.2) is 52.0 Å². The number of amides is 1. The zero-order valence-electron chi connectivity index (χ0n) is 8.51. The maximum atomic E-state index is 11.8. The summed E-state index contributed by atoms with van der Waals surface area (Å²) in [7, 11) is 1.59. The van der Waals surface area contributed by atoms with Gasteiger partial charge in [-0.1, -0.05) is 0 Å². The quantitative estimate of drug-likeness (QED) is 0.686. The molecule has 6 nitrogen and oxygen atoms in total. The molecule has 0 aliphatic carbocycles. The van der Waals surface area contributed by atoms with E-state index in [2.05, 4.69) is 5.10 Å². The fraction of sp³-hybridized carbons (Fsp3) is 0.556. The number of ether oxygens (including phenoxy) is 1. The van der Waals surface area contributed by atoms with Crippen LogP contribution in [0.2, 0.25) is 0 Å². The predicted molar refractivity (Wildman–Crippen MR) is 51.6 cm³/mol. The number of aromatic hydroxyl groups is 1. The van der Waals surface area contributed by atoms with E-state index in [-0.39, 0.29) is 17.5 Å². The Morgan fingerprint density at radius 2 is 2.20 bits per heavy atom. The van der Waals surface area contributed by atoms with E-state index in [1.165, 1.54) is 10.7 Å². The molecule has 1 aromatic heterocycles. The lowest BCUT2D eigenvalue weighted by molar-refractivity contribution is 0.0298. The van der Waals surface area contributed by atoms with E-state index < -0.39 is 0 Å². The summed E-state index contributed by atoms with van der Waals surface area (Å²) in [5, 5.41) is 13.2. The van der Waals surface area contributed by atoms with E-state index in [1.807, 2.05) is 0 Å². The number of hydrogen-bond acceptors (Lipinski definition) is 4. The summed E-state index contributed by atoms with van der Waals surface area (Å²) in [5.41, 5.74) is 0.275. The molecular formula is C9H13N3O3. The first-order valence-corrected chi connectivity index (χ1v) is 4.78. The molecule has 1 N–H and O–H groups in total. The van der Waals surface area contributed by atoms with Gasteiger partial charge in [-0.2, -0.15) is 5.10 Å². The van der Waals surface area contributed by atoms with E-state index in [1.54, 1.807) is 11.9 Å². The Balaban J connectivity index is 2.12. The highest BCUT2D eigenvalue weighted by Crippen LogP contribution is 2.12. The molecule has 82 valence electrons. The summed E-state index contributed by atoms with van der Waals surface area (Å²) in [6.07, 6.45) is 0. The minimum absolute atomic E-state index is 0.00777. The highest BCUT2D eigenvalue weighted by atomic mass is 16.5. The van der Waals surface area contributed by atoms with Gasteiger partial charge in [-0.25, -0.2) is 4.68 Å². The van der Waals surface area contributed by atoms with Gasteiger partial charge in [-0.15, -0.1) is 0 Å². The average molecular weight is 211 g/mol. The Labute approximate surface area is 87.1 Å². The Hall–Kier alpha value is -1.56. The van der Waals surface area contributed by atoms with Crippen molar-refractivity contribution in [3.8, 4) is 5.88 Å². The number of aromatic nitrogens is 2. The van der Waals surface area contributed by atoms with E-state index in [0.717, 1.165) is 0 Å². The van der Waals surface area contributed by atoms with Crippen molar-refractivity contribution in [2.75, 3.05) is 26.3 Å². The molecule has 0 spiro atoms. The number of carbonyl (C=O) groups is 1.